The molecule has 5 nitrogen and oxygen atoms in total. The minimum absolute atomic E-state index is 0.165. The first-order chi connectivity index (χ1) is 11.5. The number of carbonyl (C=O) groups excluding carboxylic acids is 1. The van der Waals surface area contributed by atoms with Crippen LogP contribution in [-0.2, 0) is 6.42 Å². The molecule has 0 aliphatic carbocycles. The van der Waals surface area contributed by atoms with Crippen molar-refractivity contribution in [3.05, 3.63) is 65.0 Å². The van der Waals surface area contributed by atoms with Crippen molar-refractivity contribution < 1.29 is 9.18 Å². The molecule has 0 aliphatic rings. The van der Waals surface area contributed by atoms with Crippen LogP contribution in [0, 0.1) is 17.1 Å². The summed E-state index contributed by atoms with van der Waals surface area (Å²) in [5.41, 5.74) is 7.12. The molecule has 2 aromatic rings. The normalized spacial score (nSPS) is 9.83. The molecule has 24 heavy (non-hydrogen) atoms. The Morgan fingerprint density at radius 1 is 1.25 bits per heavy atom. The monoisotopic (exact) mass is 342 g/mol. The molecule has 0 fully saturated rings. The van der Waals surface area contributed by atoms with Gasteiger partial charge in [0.25, 0.3) is 0 Å². The van der Waals surface area contributed by atoms with E-state index in [0.29, 0.717) is 23.8 Å². The third-order valence-corrected chi connectivity index (χ3v) is 3.52. The van der Waals surface area contributed by atoms with Crippen LogP contribution in [0.5, 0.6) is 0 Å². The lowest BCUT2D eigenvalue weighted by molar-refractivity contribution is 0.1000. The Bertz CT molecular complexity index is 799. The van der Waals surface area contributed by atoms with Gasteiger partial charge in [0.15, 0.2) is 5.11 Å². The highest BCUT2D eigenvalue weighted by atomic mass is 32.1. The number of hydrogen-bond donors (Lipinski definition) is 3. The van der Waals surface area contributed by atoms with Gasteiger partial charge in [-0.2, -0.15) is 5.26 Å². The minimum Gasteiger partial charge on any atom is -0.366 e. The second-order valence-electron chi connectivity index (χ2n) is 4.99. The first-order valence-electron chi connectivity index (χ1n) is 7.13. The lowest BCUT2D eigenvalue weighted by Gasteiger charge is -2.11. The van der Waals surface area contributed by atoms with Crippen molar-refractivity contribution >= 4 is 28.9 Å². The summed E-state index contributed by atoms with van der Waals surface area (Å²) in [6.45, 7) is 0.571. The number of hydrogen-bond acceptors (Lipinski definition) is 3. The van der Waals surface area contributed by atoms with E-state index >= 15 is 0 Å². The minimum atomic E-state index is -0.655. The molecular weight excluding hydrogens is 327 g/mol. The highest BCUT2D eigenvalue weighted by Crippen LogP contribution is 2.15. The van der Waals surface area contributed by atoms with E-state index in [0.717, 1.165) is 5.56 Å². The summed E-state index contributed by atoms with van der Waals surface area (Å²) in [6, 6.07) is 12.8. The number of nitrogens with one attached hydrogen (secondary N) is 2. The number of carbonyl (C=O) groups is 1. The van der Waals surface area contributed by atoms with Crippen molar-refractivity contribution in [2.75, 3.05) is 11.9 Å². The number of benzene rings is 2. The third kappa shape index (κ3) is 4.76. The quantitative estimate of drug-likeness (QED) is 0.726. The Morgan fingerprint density at radius 3 is 2.58 bits per heavy atom. The van der Waals surface area contributed by atoms with Gasteiger partial charge >= 0.3 is 0 Å². The molecule has 0 spiro atoms. The number of thiocarbonyl (C=S) groups is 1. The second-order valence-corrected chi connectivity index (χ2v) is 5.40. The van der Waals surface area contributed by atoms with Crippen molar-refractivity contribution in [1.82, 2.24) is 5.32 Å². The molecule has 0 radical (unpaired) electrons. The number of nitrogens with zero attached hydrogens (tertiary/aromatic N) is 1. The maximum absolute atomic E-state index is 12.8. The van der Waals surface area contributed by atoms with Crippen molar-refractivity contribution in [3.63, 3.8) is 0 Å². The summed E-state index contributed by atoms with van der Waals surface area (Å²) < 4.78 is 12.8. The van der Waals surface area contributed by atoms with Crippen LogP contribution >= 0.6 is 12.2 Å². The van der Waals surface area contributed by atoms with Gasteiger partial charge in [-0.1, -0.05) is 12.1 Å². The predicted octanol–water partition coefficient (Wildman–Crippen LogP) is 2.33. The van der Waals surface area contributed by atoms with Crippen molar-refractivity contribution in [2.24, 2.45) is 5.73 Å². The van der Waals surface area contributed by atoms with E-state index in [1.807, 2.05) is 6.07 Å². The smallest absolute Gasteiger partial charge is 0.250 e. The zero-order chi connectivity index (χ0) is 17.5. The van der Waals surface area contributed by atoms with Crippen LogP contribution < -0.4 is 16.4 Å². The van der Waals surface area contributed by atoms with Gasteiger partial charge < -0.3 is 16.4 Å². The van der Waals surface area contributed by atoms with Crippen molar-refractivity contribution in [1.29, 1.82) is 5.26 Å². The van der Waals surface area contributed by atoms with Crippen molar-refractivity contribution in [3.8, 4) is 6.07 Å². The van der Waals surface area contributed by atoms with Gasteiger partial charge in [-0.3, -0.25) is 4.79 Å². The number of nitrogens with two attached hydrogens (primary N) is 1. The van der Waals surface area contributed by atoms with Crippen LogP contribution in [0.2, 0.25) is 0 Å². The zero-order valence-corrected chi connectivity index (χ0v) is 13.5. The molecule has 0 bridgehead atoms. The first kappa shape index (κ1) is 17.4. The fraction of sp³-hybridized carbons (Fsp3) is 0.118. The lowest BCUT2D eigenvalue weighted by atomic mass is 10.1. The van der Waals surface area contributed by atoms with Crippen LogP contribution in [0.1, 0.15) is 21.5 Å². The Labute approximate surface area is 144 Å². The average molecular weight is 342 g/mol. The number of halogens is 1. The van der Waals surface area contributed by atoms with Gasteiger partial charge in [0.1, 0.15) is 11.9 Å². The van der Waals surface area contributed by atoms with Gasteiger partial charge in [-0.25, -0.2) is 4.39 Å². The Morgan fingerprint density at radius 2 is 1.96 bits per heavy atom. The molecule has 0 heterocycles. The molecule has 0 saturated carbocycles. The standard InChI is InChI=1S/C17H15FN4OS/c18-13-3-1-11(2-4-13)7-8-21-17(24)22-14-5-6-15(16(20)23)12(9-14)10-19/h1-6,9H,7-8H2,(H2,20,23)(H2,21,22,24). The molecule has 4 N–H and O–H groups in total. The van der Waals surface area contributed by atoms with Crippen LogP contribution in [0.15, 0.2) is 42.5 Å². The molecule has 2 aromatic carbocycles. The summed E-state index contributed by atoms with van der Waals surface area (Å²) in [5.74, 6) is -0.922. The van der Waals surface area contributed by atoms with Gasteiger partial charge in [0.05, 0.1) is 11.1 Å². The van der Waals surface area contributed by atoms with Gasteiger partial charge in [0, 0.05) is 12.2 Å². The summed E-state index contributed by atoms with van der Waals surface area (Å²) in [7, 11) is 0. The van der Waals surface area contributed by atoms with E-state index in [4.69, 9.17) is 23.2 Å². The van der Waals surface area contributed by atoms with E-state index in [1.54, 1.807) is 18.2 Å². The summed E-state index contributed by atoms with van der Waals surface area (Å²) in [6.07, 6.45) is 0.687. The fourth-order valence-electron chi connectivity index (χ4n) is 2.08. The first-order valence-corrected chi connectivity index (χ1v) is 7.53. The highest BCUT2D eigenvalue weighted by molar-refractivity contribution is 7.80. The lowest BCUT2D eigenvalue weighted by Crippen LogP contribution is -2.30. The van der Waals surface area contributed by atoms with Crippen LogP contribution in [-0.4, -0.2) is 17.6 Å². The van der Waals surface area contributed by atoms with Crippen molar-refractivity contribution in [2.45, 2.75) is 6.42 Å². The number of rotatable bonds is 5. The SMILES string of the molecule is N#Cc1cc(NC(=S)NCCc2ccc(F)cc2)ccc1C(N)=O. The molecule has 2 rings (SSSR count). The molecule has 0 aromatic heterocycles. The van der Waals surface area contributed by atoms with E-state index in [1.165, 1.54) is 24.3 Å². The Kier molecular flexibility index (Phi) is 5.82. The highest BCUT2D eigenvalue weighted by Gasteiger charge is 2.09. The average Bonchev–Trinajstić information content (AvgIpc) is 2.56. The topological polar surface area (TPSA) is 90.9 Å². The summed E-state index contributed by atoms with van der Waals surface area (Å²) in [4.78, 5) is 11.2. The third-order valence-electron chi connectivity index (χ3n) is 3.28. The molecule has 0 unspecified atom stereocenters. The van der Waals surface area contributed by atoms with E-state index in [-0.39, 0.29) is 16.9 Å². The number of nitriles is 1. The Hall–Kier alpha value is -2.98. The molecular formula is C17H15FN4OS. The maximum atomic E-state index is 12.8. The predicted molar refractivity (Wildman–Crippen MR) is 94.0 cm³/mol. The summed E-state index contributed by atoms with van der Waals surface area (Å²) >= 11 is 5.18. The zero-order valence-electron chi connectivity index (χ0n) is 12.7. The maximum Gasteiger partial charge on any atom is 0.250 e. The Balaban J connectivity index is 1.89. The molecule has 122 valence electrons. The van der Waals surface area contributed by atoms with E-state index in [2.05, 4.69) is 10.6 Å². The van der Waals surface area contributed by atoms with E-state index in [9.17, 15) is 9.18 Å². The number of primary amides is 1. The second kappa shape index (κ2) is 8.04. The largest absolute Gasteiger partial charge is 0.366 e. The van der Waals surface area contributed by atoms with Gasteiger partial charge in [0.2, 0.25) is 5.91 Å². The molecule has 7 heteroatoms. The number of anilines is 1. The number of amides is 1. The van der Waals surface area contributed by atoms with Gasteiger partial charge in [-0.15, -0.1) is 0 Å². The fourth-order valence-corrected chi connectivity index (χ4v) is 2.30. The molecule has 0 aliphatic heterocycles. The summed E-state index contributed by atoms with van der Waals surface area (Å²) in [5, 5.41) is 15.4. The van der Waals surface area contributed by atoms with E-state index < -0.39 is 5.91 Å². The molecule has 1 amide bonds. The van der Waals surface area contributed by atoms with Gasteiger partial charge in [-0.05, 0) is 54.5 Å². The molecule has 0 saturated heterocycles. The van der Waals surface area contributed by atoms with Crippen LogP contribution in [0.25, 0.3) is 0 Å². The molecule has 0 atom stereocenters. The van der Waals surface area contributed by atoms with Crippen LogP contribution in [0.4, 0.5) is 10.1 Å². The van der Waals surface area contributed by atoms with Crippen LogP contribution in [0.3, 0.4) is 0 Å².